The van der Waals surface area contributed by atoms with Crippen LogP contribution in [0, 0.1) is 10.8 Å². The van der Waals surface area contributed by atoms with Gasteiger partial charge in [-0.1, -0.05) is 27.7 Å². The molecule has 2 nitrogen and oxygen atoms in total. The highest BCUT2D eigenvalue weighted by Crippen LogP contribution is 2.53. The number of rotatable bonds is 0. The lowest BCUT2D eigenvalue weighted by Crippen LogP contribution is -2.67. The predicted octanol–water partition coefficient (Wildman–Crippen LogP) is 0.774. The average molecular weight is 144 g/mol. The molecule has 1 fully saturated rings. The van der Waals surface area contributed by atoms with Crippen molar-refractivity contribution in [3.8, 4) is 0 Å². The topological polar surface area (TPSA) is 40.5 Å². The van der Waals surface area contributed by atoms with Gasteiger partial charge in [0.25, 0.3) is 0 Å². The summed E-state index contributed by atoms with van der Waals surface area (Å²) in [5, 5.41) is 19.0. The molecular weight excluding hydrogens is 128 g/mol. The van der Waals surface area contributed by atoms with Crippen LogP contribution in [0.3, 0.4) is 0 Å². The molecule has 0 aromatic heterocycles. The van der Waals surface area contributed by atoms with E-state index < -0.39 is 0 Å². The lowest BCUT2D eigenvalue weighted by Gasteiger charge is -2.59. The van der Waals surface area contributed by atoms with Gasteiger partial charge in [-0.25, -0.2) is 0 Å². The maximum absolute atomic E-state index is 9.51. The molecule has 0 radical (unpaired) electrons. The van der Waals surface area contributed by atoms with Crippen molar-refractivity contribution < 1.29 is 10.2 Å². The summed E-state index contributed by atoms with van der Waals surface area (Å²) in [5.41, 5.74) is -0.632. The molecule has 1 rings (SSSR count). The zero-order valence-electron chi connectivity index (χ0n) is 7.05. The van der Waals surface area contributed by atoms with E-state index >= 15 is 0 Å². The van der Waals surface area contributed by atoms with Crippen molar-refractivity contribution in [1.29, 1.82) is 0 Å². The molecular formula is C8H16O2. The smallest absolute Gasteiger partial charge is 0.0691 e. The molecule has 0 spiro atoms. The van der Waals surface area contributed by atoms with Crippen LogP contribution in [0.25, 0.3) is 0 Å². The fourth-order valence-electron chi connectivity index (χ4n) is 2.12. The Hall–Kier alpha value is -0.0800. The van der Waals surface area contributed by atoms with E-state index in [2.05, 4.69) is 0 Å². The first kappa shape index (κ1) is 8.02. The van der Waals surface area contributed by atoms with Gasteiger partial charge in [-0.3, -0.25) is 0 Å². The van der Waals surface area contributed by atoms with E-state index in [-0.39, 0.29) is 23.0 Å². The van der Waals surface area contributed by atoms with E-state index in [1.807, 2.05) is 27.7 Å². The van der Waals surface area contributed by atoms with E-state index in [1.165, 1.54) is 0 Å². The van der Waals surface area contributed by atoms with Crippen LogP contribution in [0.2, 0.25) is 0 Å². The lowest BCUT2D eigenvalue weighted by atomic mass is 9.51. The molecule has 2 heteroatoms. The highest BCUT2D eigenvalue weighted by atomic mass is 16.3. The highest BCUT2D eigenvalue weighted by Gasteiger charge is 2.60. The first-order valence-electron chi connectivity index (χ1n) is 3.67. The van der Waals surface area contributed by atoms with E-state index in [4.69, 9.17) is 0 Å². The minimum Gasteiger partial charge on any atom is -0.392 e. The van der Waals surface area contributed by atoms with Crippen LogP contribution >= 0.6 is 0 Å². The van der Waals surface area contributed by atoms with E-state index in [9.17, 15) is 10.2 Å². The van der Waals surface area contributed by atoms with Crippen molar-refractivity contribution in [2.75, 3.05) is 0 Å². The Morgan fingerprint density at radius 2 is 1.00 bits per heavy atom. The molecule has 2 N–H and O–H groups in total. The number of aliphatic hydroxyl groups is 2. The minimum atomic E-state index is -0.380. The molecule has 1 aliphatic carbocycles. The summed E-state index contributed by atoms with van der Waals surface area (Å²) < 4.78 is 0. The zero-order chi connectivity index (χ0) is 8.15. The van der Waals surface area contributed by atoms with Crippen LogP contribution in [-0.2, 0) is 0 Å². The maximum atomic E-state index is 9.51. The van der Waals surface area contributed by atoms with E-state index in [0.29, 0.717) is 0 Å². The monoisotopic (exact) mass is 144 g/mol. The molecule has 0 amide bonds. The summed E-state index contributed by atoms with van der Waals surface area (Å²) in [4.78, 5) is 0. The third-order valence-corrected chi connectivity index (χ3v) is 2.82. The lowest BCUT2D eigenvalue weighted by molar-refractivity contribution is -0.247. The van der Waals surface area contributed by atoms with Gasteiger partial charge in [0.2, 0.25) is 0 Å². The summed E-state index contributed by atoms with van der Waals surface area (Å²) in [6.45, 7) is 7.53. The molecule has 60 valence electrons. The first-order chi connectivity index (χ1) is 4.31. The summed E-state index contributed by atoms with van der Waals surface area (Å²) >= 11 is 0. The van der Waals surface area contributed by atoms with Gasteiger partial charge >= 0.3 is 0 Å². The van der Waals surface area contributed by atoms with Gasteiger partial charge in [-0.2, -0.15) is 0 Å². The minimum absolute atomic E-state index is 0.316. The molecule has 1 saturated carbocycles. The standard InChI is InChI=1S/C8H16O2/c1-7(2)5(9)8(3,4)6(7)10/h5-6,9-10H,1-4H3/t5-,6-. The molecule has 0 aromatic carbocycles. The molecule has 0 heterocycles. The summed E-state index contributed by atoms with van der Waals surface area (Å²) in [6.07, 6.45) is -0.759. The van der Waals surface area contributed by atoms with E-state index in [0.717, 1.165) is 0 Å². The SMILES string of the molecule is CC1(C)[C@H](O)C(C)(C)[C@H]1O. The van der Waals surface area contributed by atoms with Crippen LogP contribution in [0.1, 0.15) is 27.7 Å². The van der Waals surface area contributed by atoms with Crippen molar-refractivity contribution in [3.63, 3.8) is 0 Å². The largest absolute Gasteiger partial charge is 0.392 e. The van der Waals surface area contributed by atoms with Gasteiger partial charge in [0.05, 0.1) is 12.2 Å². The molecule has 10 heavy (non-hydrogen) atoms. The maximum Gasteiger partial charge on any atom is 0.0691 e. The Kier molecular flexibility index (Phi) is 1.40. The van der Waals surface area contributed by atoms with Crippen molar-refractivity contribution >= 4 is 0 Å². The quantitative estimate of drug-likeness (QED) is 0.527. The predicted molar refractivity (Wildman–Crippen MR) is 39.6 cm³/mol. The molecule has 1 aliphatic rings. The summed E-state index contributed by atoms with van der Waals surface area (Å²) in [7, 11) is 0. The normalized spacial score (nSPS) is 42.6. The third kappa shape index (κ3) is 0.663. The molecule has 0 aliphatic heterocycles. The molecule has 0 bridgehead atoms. The number of hydrogen-bond donors (Lipinski definition) is 2. The fourth-order valence-corrected chi connectivity index (χ4v) is 2.12. The average Bonchev–Trinajstić information content (AvgIpc) is 1.84. The Labute approximate surface area is 61.9 Å². The van der Waals surface area contributed by atoms with Gasteiger partial charge in [-0.05, 0) is 0 Å². The summed E-state index contributed by atoms with van der Waals surface area (Å²) in [6, 6.07) is 0. The van der Waals surface area contributed by atoms with Crippen molar-refractivity contribution in [2.24, 2.45) is 10.8 Å². The van der Waals surface area contributed by atoms with Gasteiger partial charge in [0, 0.05) is 10.8 Å². The molecule has 0 atom stereocenters. The summed E-state index contributed by atoms with van der Waals surface area (Å²) in [5.74, 6) is 0. The highest BCUT2D eigenvalue weighted by molar-refractivity contribution is 5.09. The van der Waals surface area contributed by atoms with Crippen molar-refractivity contribution in [1.82, 2.24) is 0 Å². The molecule has 0 unspecified atom stereocenters. The Morgan fingerprint density at radius 3 is 1.10 bits per heavy atom. The van der Waals surface area contributed by atoms with Gasteiger partial charge in [0.15, 0.2) is 0 Å². The van der Waals surface area contributed by atoms with Crippen LogP contribution in [0.15, 0.2) is 0 Å². The van der Waals surface area contributed by atoms with E-state index in [1.54, 1.807) is 0 Å². The fraction of sp³-hybridized carbons (Fsp3) is 1.00. The van der Waals surface area contributed by atoms with Crippen molar-refractivity contribution in [3.05, 3.63) is 0 Å². The zero-order valence-corrected chi connectivity index (χ0v) is 7.05. The third-order valence-electron chi connectivity index (χ3n) is 2.82. The Balaban J connectivity index is 2.78. The van der Waals surface area contributed by atoms with Crippen LogP contribution in [0.5, 0.6) is 0 Å². The van der Waals surface area contributed by atoms with Crippen LogP contribution in [-0.4, -0.2) is 22.4 Å². The Morgan fingerprint density at radius 1 is 0.800 bits per heavy atom. The van der Waals surface area contributed by atoms with Gasteiger partial charge in [0.1, 0.15) is 0 Å². The van der Waals surface area contributed by atoms with Gasteiger partial charge in [-0.15, -0.1) is 0 Å². The van der Waals surface area contributed by atoms with Gasteiger partial charge < -0.3 is 10.2 Å². The first-order valence-corrected chi connectivity index (χ1v) is 3.67. The molecule has 0 aromatic rings. The van der Waals surface area contributed by atoms with Crippen LogP contribution < -0.4 is 0 Å². The second-order valence-corrected chi connectivity index (χ2v) is 4.45. The second-order valence-electron chi connectivity index (χ2n) is 4.45. The number of aliphatic hydroxyl groups excluding tert-OH is 2. The Bertz CT molecular complexity index is 119. The van der Waals surface area contributed by atoms with Crippen LogP contribution in [0.4, 0.5) is 0 Å². The number of hydrogen-bond acceptors (Lipinski definition) is 2. The second kappa shape index (κ2) is 1.74. The van der Waals surface area contributed by atoms with Crippen molar-refractivity contribution in [2.45, 2.75) is 39.9 Å². The molecule has 0 saturated heterocycles.